The Labute approximate surface area is 123 Å². The number of nitrogens with zero attached hydrogens (tertiary/aromatic N) is 2. The second-order valence-electron chi connectivity index (χ2n) is 5.05. The molecule has 0 radical (unpaired) electrons. The zero-order valence-corrected chi connectivity index (χ0v) is 12.4. The first kappa shape index (κ1) is 13.2. The molecular formula is C16H18N2OS. The Morgan fingerprint density at radius 1 is 1.05 bits per heavy atom. The highest BCUT2D eigenvalue weighted by Crippen LogP contribution is 2.20. The first-order valence-corrected chi connectivity index (χ1v) is 7.77. The number of para-hydroxylation sites is 1. The Kier molecular flexibility index (Phi) is 3.74. The van der Waals surface area contributed by atoms with E-state index in [9.17, 15) is 4.79 Å². The van der Waals surface area contributed by atoms with Gasteiger partial charge in [-0.05, 0) is 36.1 Å². The van der Waals surface area contributed by atoms with Gasteiger partial charge in [-0.25, -0.2) is 0 Å². The number of thiophene rings is 1. The summed E-state index contributed by atoms with van der Waals surface area (Å²) in [6, 6.07) is 12.4. The summed E-state index contributed by atoms with van der Waals surface area (Å²) in [7, 11) is 0. The lowest BCUT2D eigenvalue weighted by Gasteiger charge is -2.36. The van der Waals surface area contributed by atoms with Gasteiger partial charge in [0, 0.05) is 31.9 Å². The Hall–Kier alpha value is -1.81. The van der Waals surface area contributed by atoms with Gasteiger partial charge >= 0.3 is 0 Å². The van der Waals surface area contributed by atoms with Crippen molar-refractivity contribution in [3.63, 3.8) is 0 Å². The van der Waals surface area contributed by atoms with Gasteiger partial charge in [0.05, 0.1) is 4.88 Å². The summed E-state index contributed by atoms with van der Waals surface area (Å²) in [6.07, 6.45) is 0. The maximum Gasteiger partial charge on any atom is 0.264 e. The van der Waals surface area contributed by atoms with Crippen LogP contribution in [-0.4, -0.2) is 37.0 Å². The first-order valence-electron chi connectivity index (χ1n) is 6.89. The van der Waals surface area contributed by atoms with E-state index in [2.05, 4.69) is 29.2 Å². The van der Waals surface area contributed by atoms with Crippen molar-refractivity contribution in [2.75, 3.05) is 31.1 Å². The van der Waals surface area contributed by atoms with Crippen molar-refractivity contribution in [2.45, 2.75) is 6.92 Å². The van der Waals surface area contributed by atoms with Gasteiger partial charge in [-0.3, -0.25) is 4.79 Å². The lowest BCUT2D eigenvalue weighted by atomic mass is 10.2. The highest BCUT2D eigenvalue weighted by atomic mass is 32.1. The molecule has 0 bridgehead atoms. The first-order chi connectivity index (χ1) is 9.75. The quantitative estimate of drug-likeness (QED) is 0.847. The van der Waals surface area contributed by atoms with Crippen molar-refractivity contribution in [2.24, 2.45) is 0 Å². The molecule has 1 fully saturated rings. The number of piperazine rings is 1. The molecule has 1 amide bonds. The molecule has 3 nitrogen and oxygen atoms in total. The summed E-state index contributed by atoms with van der Waals surface area (Å²) in [5.74, 6) is 0.185. The molecule has 1 aromatic carbocycles. The van der Waals surface area contributed by atoms with E-state index in [1.807, 2.05) is 29.3 Å². The molecule has 1 aliphatic rings. The molecule has 0 aliphatic carbocycles. The SMILES string of the molecule is Cc1ccsc1C(=O)N1CCN(c2ccccc2)CC1. The van der Waals surface area contributed by atoms with Crippen molar-refractivity contribution < 1.29 is 4.79 Å². The zero-order valence-electron chi connectivity index (χ0n) is 11.6. The van der Waals surface area contributed by atoms with Crippen molar-refractivity contribution >= 4 is 22.9 Å². The predicted molar refractivity (Wildman–Crippen MR) is 83.6 cm³/mol. The van der Waals surface area contributed by atoms with Gasteiger partial charge in [-0.1, -0.05) is 18.2 Å². The van der Waals surface area contributed by atoms with E-state index in [1.165, 1.54) is 5.69 Å². The van der Waals surface area contributed by atoms with Crippen LogP contribution in [0.15, 0.2) is 41.8 Å². The van der Waals surface area contributed by atoms with Gasteiger partial charge in [0.2, 0.25) is 0 Å². The molecule has 2 aromatic rings. The molecule has 0 saturated carbocycles. The van der Waals surface area contributed by atoms with Gasteiger partial charge in [-0.15, -0.1) is 11.3 Å². The molecule has 1 aromatic heterocycles. The average Bonchev–Trinajstić information content (AvgIpc) is 2.94. The van der Waals surface area contributed by atoms with Gasteiger partial charge in [-0.2, -0.15) is 0 Å². The minimum atomic E-state index is 0.185. The fraction of sp³-hybridized carbons (Fsp3) is 0.312. The lowest BCUT2D eigenvalue weighted by Crippen LogP contribution is -2.48. The van der Waals surface area contributed by atoms with Crippen LogP contribution in [0.2, 0.25) is 0 Å². The van der Waals surface area contributed by atoms with Crippen LogP contribution >= 0.6 is 11.3 Å². The van der Waals surface area contributed by atoms with Crippen molar-refractivity contribution in [3.8, 4) is 0 Å². The van der Waals surface area contributed by atoms with Crippen LogP contribution in [0.4, 0.5) is 5.69 Å². The smallest absolute Gasteiger partial charge is 0.264 e. The van der Waals surface area contributed by atoms with E-state index in [4.69, 9.17) is 0 Å². The summed E-state index contributed by atoms with van der Waals surface area (Å²) in [5, 5.41) is 1.99. The molecule has 3 rings (SSSR count). The highest BCUT2D eigenvalue weighted by Gasteiger charge is 2.23. The lowest BCUT2D eigenvalue weighted by molar-refractivity contribution is 0.0751. The number of aryl methyl sites for hydroxylation is 1. The molecule has 0 spiro atoms. The van der Waals surface area contributed by atoms with E-state index in [0.717, 1.165) is 36.6 Å². The third-order valence-electron chi connectivity index (χ3n) is 3.74. The summed E-state index contributed by atoms with van der Waals surface area (Å²) in [6.45, 7) is 5.40. The average molecular weight is 286 g/mol. The molecule has 1 saturated heterocycles. The number of amides is 1. The predicted octanol–water partition coefficient (Wildman–Crippen LogP) is 3.02. The monoisotopic (exact) mass is 286 g/mol. The molecule has 0 atom stereocenters. The third-order valence-corrected chi connectivity index (χ3v) is 4.75. The van der Waals surface area contributed by atoms with Crippen LogP contribution in [-0.2, 0) is 0 Å². The summed E-state index contributed by atoms with van der Waals surface area (Å²) in [4.78, 5) is 17.6. The topological polar surface area (TPSA) is 23.6 Å². The van der Waals surface area contributed by atoms with E-state index < -0.39 is 0 Å². The molecule has 104 valence electrons. The maximum absolute atomic E-state index is 12.4. The molecule has 2 heterocycles. The number of hydrogen-bond donors (Lipinski definition) is 0. The Morgan fingerprint density at radius 3 is 2.35 bits per heavy atom. The fourth-order valence-electron chi connectivity index (χ4n) is 2.54. The van der Waals surface area contributed by atoms with Crippen LogP contribution < -0.4 is 4.90 Å². The summed E-state index contributed by atoms with van der Waals surface area (Å²) < 4.78 is 0. The highest BCUT2D eigenvalue weighted by molar-refractivity contribution is 7.12. The van der Waals surface area contributed by atoms with Gasteiger partial charge in [0.25, 0.3) is 5.91 Å². The van der Waals surface area contributed by atoms with Crippen molar-refractivity contribution in [1.82, 2.24) is 4.90 Å². The molecule has 4 heteroatoms. The molecule has 0 unspecified atom stereocenters. The standard InChI is InChI=1S/C16H18N2OS/c1-13-7-12-20-15(13)16(19)18-10-8-17(9-11-18)14-5-3-2-4-6-14/h2-7,12H,8-11H2,1H3. The van der Waals surface area contributed by atoms with E-state index in [1.54, 1.807) is 11.3 Å². The number of hydrogen-bond acceptors (Lipinski definition) is 3. The maximum atomic E-state index is 12.4. The normalized spacial score (nSPS) is 15.4. The van der Waals surface area contributed by atoms with Gasteiger partial charge < -0.3 is 9.80 Å². The van der Waals surface area contributed by atoms with Crippen LogP contribution in [0.1, 0.15) is 15.2 Å². The Morgan fingerprint density at radius 2 is 1.75 bits per heavy atom. The Balaban J connectivity index is 1.64. The fourth-order valence-corrected chi connectivity index (χ4v) is 3.43. The third kappa shape index (κ3) is 2.56. The molecular weight excluding hydrogens is 268 g/mol. The van der Waals surface area contributed by atoms with Crippen LogP contribution in [0.25, 0.3) is 0 Å². The second kappa shape index (κ2) is 5.67. The van der Waals surface area contributed by atoms with E-state index in [-0.39, 0.29) is 5.91 Å². The van der Waals surface area contributed by atoms with Crippen LogP contribution in [0.5, 0.6) is 0 Å². The largest absolute Gasteiger partial charge is 0.368 e. The Bertz CT molecular complexity index is 586. The van der Waals surface area contributed by atoms with Crippen LogP contribution in [0.3, 0.4) is 0 Å². The van der Waals surface area contributed by atoms with Crippen molar-refractivity contribution in [1.29, 1.82) is 0 Å². The number of anilines is 1. The van der Waals surface area contributed by atoms with Gasteiger partial charge in [0.1, 0.15) is 0 Å². The summed E-state index contributed by atoms with van der Waals surface area (Å²) >= 11 is 1.54. The van der Waals surface area contributed by atoms with Crippen molar-refractivity contribution in [3.05, 3.63) is 52.2 Å². The number of carbonyl (C=O) groups is 1. The zero-order chi connectivity index (χ0) is 13.9. The van der Waals surface area contributed by atoms with E-state index in [0.29, 0.717) is 0 Å². The molecule has 20 heavy (non-hydrogen) atoms. The minimum absolute atomic E-state index is 0.185. The van der Waals surface area contributed by atoms with Crippen LogP contribution in [0, 0.1) is 6.92 Å². The minimum Gasteiger partial charge on any atom is -0.368 e. The molecule has 0 N–H and O–H groups in total. The summed E-state index contributed by atoms with van der Waals surface area (Å²) in [5.41, 5.74) is 2.33. The number of rotatable bonds is 2. The van der Waals surface area contributed by atoms with Gasteiger partial charge in [0.15, 0.2) is 0 Å². The number of benzene rings is 1. The van der Waals surface area contributed by atoms with E-state index >= 15 is 0 Å². The second-order valence-corrected chi connectivity index (χ2v) is 5.96. The molecule has 1 aliphatic heterocycles. The number of carbonyl (C=O) groups excluding carboxylic acids is 1.